The normalized spacial score (nSPS) is 13.3. The average Bonchev–Trinajstić information content (AvgIpc) is 3.10. The second kappa shape index (κ2) is 9.17. The molecule has 0 saturated carbocycles. The van der Waals surface area contributed by atoms with Gasteiger partial charge in [-0.05, 0) is 43.3 Å². The summed E-state index contributed by atoms with van der Waals surface area (Å²) in [4.78, 5) is 18.0. The van der Waals surface area contributed by atoms with Crippen LogP contribution in [-0.2, 0) is 4.79 Å². The highest BCUT2D eigenvalue weighted by Crippen LogP contribution is 2.24. The van der Waals surface area contributed by atoms with Crippen molar-refractivity contribution in [2.45, 2.75) is 13.0 Å². The Morgan fingerprint density at radius 2 is 2.00 bits per heavy atom. The van der Waals surface area contributed by atoms with Crippen LogP contribution in [0.15, 0.2) is 48.5 Å². The van der Waals surface area contributed by atoms with E-state index in [1.165, 1.54) is 4.70 Å². The number of carbonyl (C=O) groups excluding carboxylic acids is 1. The molecular weight excluding hydrogens is 382 g/mol. The highest BCUT2D eigenvalue weighted by atomic mass is 35.5. The number of carbonyl (C=O) groups is 1. The van der Waals surface area contributed by atoms with Crippen molar-refractivity contribution in [1.82, 2.24) is 10.3 Å². The molecular formula is C20H23ClN3O2S+. The van der Waals surface area contributed by atoms with Gasteiger partial charge in [0.25, 0.3) is 5.91 Å². The van der Waals surface area contributed by atoms with E-state index in [1.807, 2.05) is 37.4 Å². The fourth-order valence-corrected chi connectivity index (χ4v) is 3.88. The summed E-state index contributed by atoms with van der Waals surface area (Å²) in [5, 5.41) is 4.62. The summed E-state index contributed by atoms with van der Waals surface area (Å²) in [5.41, 5.74) is 1.01. The molecule has 2 N–H and O–H groups in total. The summed E-state index contributed by atoms with van der Waals surface area (Å²) < 4.78 is 6.76. The number of amides is 1. The number of halogens is 1. The third kappa shape index (κ3) is 5.42. The average molecular weight is 405 g/mol. The number of nitrogens with zero attached hydrogens (tertiary/aromatic N) is 1. The fourth-order valence-electron chi connectivity index (χ4n) is 2.65. The van der Waals surface area contributed by atoms with E-state index < -0.39 is 0 Å². The first kappa shape index (κ1) is 19.6. The predicted molar refractivity (Wildman–Crippen MR) is 110 cm³/mol. The summed E-state index contributed by atoms with van der Waals surface area (Å²) in [6.45, 7) is 3.37. The number of nitrogens with one attached hydrogen (secondary N) is 2. The van der Waals surface area contributed by atoms with E-state index in [0.29, 0.717) is 24.7 Å². The monoisotopic (exact) mass is 404 g/mol. The molecule has 0 fully saturated rings. The van der Waals surface area contributed by atoms with E-state index in [0.717, 1.165) is 21.2 Å². The van der Waals surface area contributed by atoms with Crippen LogP contribution in [0.3, 0.4) is 0 Å². The summed E-state index contributed by atoms with van der Waals surface area (Å²) in [7, 11) is 2.01. The number of thiazole rings is 1. The van der Waals surface area contributed by atoms with Crippen LogP contribution >= 0.6 is 22.9 Å². The van der Waals surface area contributed by atoms with Gasteiger partial charge in [0.1, 0.15) is 18.4 Å². The zero-order chi connectivity index (χ0) is 19.2. The number of hydrogen-bond acceptors (Lipinski definition) is 4. The van der Waals surface area contributed by atoms with Gasteiger partial charge in [-0.1, -0.05) is 23.7 Å². The van der Waals surface area contributed by atoms with E-state index in [2.05, 4.69) is 18.3 Å². The molecule has 2 aromatic carbocycles. The lowest BCUT2D eigenvalue weighted by Crippen LogP contribution is -3.10. The summed E-state index contributed by atoms with van der Waals surface area (Å²) >= 11 is 7.52. The molecule has 0 saturated heterocycles. The third-order valence-corrected chi connectivity index (χ3v) is 5.84. The fraction of sp³-hybridized carbons (Fsp3) is 0.300. The molecule has 0 spiro atoms. The standard InChI is InChI=1S/C20H22ClN3O2S/c1-14(20-23-17-5-3-4-6-18(17)27-20)24(2)13-19(25)22-11-12-26-16-9-7-15(21)8-10-16/h3-10,14H,11-13H2,1-2H3,(H,22,25)/p+1/t14-/m0/s1. The van der Waals surface area contributed by atoms with E-state index in [4.69, 9.17) is 21.3 Å². The van der Waals surface area contributed by atoms with E-state index in [9.17, 15) is 4.79 Å². The Bertz CT molecular complexity index is 865. The van der Waals surface area contributed by atoms with Crippen LogP contribution in [0.2, 0.25) is 5.02 Å². The van der Waals surface area contributed by atoms with Crippen LogP contribution in [0.1, 0.15) is 18.0 Å². The quantitative estimate of drug-likeness (QED) is 0.567. The zero-order valence-corrected chi connectivity index (χ0v) is 16.9. The van der Waals surface area contributed by atoms with Crippen LogP contribution in [0.5, 0.6) is 5.75 Å². The molecule has 0 radical (unpaired) electrons. The Labute approximate surface area is 167 Å². The zero-order valence-electron chi connectivity index (χ0n) is 15.4. The van der Waals surface area contributed by atoms with Gasteiger partial charge in [0.15, 0.2) is 11.6 Å². The number of ether oxygens (including phenoxy) is 1. The maximum Gasteiger partial charge on any atom is 0.275 e. The van der Waals surface area contributed by atoms with Crippen molar-refractivity contribution in [2.75, 3.05) is 26.7 Å². The number of aromatic nitrogens is 1. The topological polar surface area (TPSA) is 55.7 Å². The highest BCUT2D eigenvalue weighted by molar-refractivity contribution is 7.18. The molecule has 1 amide bonds. The molecule has 0 bridgehead atoms. The molecule has 27 heavy (non-hydrogen) atoms. The summed E-state index contributed by atoms with van der Waals surface area (Å²) in [6.07, 6.45) is 0. The first-order chi connectivity index (χ1) is 13.0. The maximum atomic E-state index is 12.2. The van der Waals surface area contributed by atoms with Gasteiger partial charge in [-0.3, -0.25) is 4.79 Å². The van der Waals surface area contributed by atoms with Crippen molar-refractivity contribution in [1.29, 1.82) is 0 Å². The molecule has 0 aliphatic heterocycles. The molecule has 2 atom stereocenters. The van der Waals surface area contributed by atoms with Crippen molar-refractivity contribution in [3.8, 4) is 5.75 Å². The molecule has 5 nitrogen and oxygen atoms in total. The summed E-state index contributed by atoms with van der Waals surface area (Å²) in [6, 6.07) is 15.4. The Hall–Kier alpha value is -2.15. The van der Waals surface area contributed by atoms with Crippen LogP contribution in [0.4, 0.5) is 0 Å². The minimum Gasteiger partial charge on any atom is -0.492 e. The number of para-hydroxylation sites is 1. The minimum atomic E-state index is 0.000155. The number of rotatable bonds is 8. The van der Waals surface area contributed by atoms with E-state index in [1.54, 1.807) is 23.5 Å². The van der Waals surface area contributed by atoms with Gasteiger partial charge in [-0.15, -0.1) is 11.3 Å². The van der Waals surface area contributed by atoms with Crippen LogP contribution < -0.4 is 15.0 Å². The molecule has 0 aliphatic carbocycles. The van der Waals surface area contributed by atoms with E-state index >= 15 is 0 Å². The van der Waals surface area contributed by atoms with Gasteiger partial charge in [0, 0.05) is 5.02 Å². The number of hydrogen-bond donors (Lipinski definition) is 2. The largest absolute Gasteiger partial charge is 0.492 e. The van der Waals surface area contributed by atoms with Crippen LogP contribution in [0, 0.1) is 0 Å². The molecule has 142 valence electrons. The lowest BCUT2D eigenvalue weighted by Gasteiger charge is -2.19. The van der Waals surface area contributed by atoms with Gasteiger partial charge in [-0.25, -0.2) is 4.98 Å². The van der Waals surface area contributed by atoms with Crippen molar-refractivity contribution >= 4 is 39.1 Å². The number of benzene rings is 2. The highest BCUT2D eigenvalue weighted by Gasteiger charge is 2.21. The van der Waals surface area contributed by atoms with Gasteiger partial charge in [-0.2, -0.15) is 0 Å². The lowest BCUT2D eigenvalue weighted by atomic mass is 10.3. The van der Waals surface area contributed by atoms with Gasteiger partial charge in [0.2, 0.25) is 0 Å². The summed E-state index contributed by atoms with van der Waals surface area (Å²) in [5.74, 6) is 0.737. The Balaban J connectivity index is 1.43. The molecule has 1 unspecified atom stereocenters. The van der Waals surface area contributed by atoms with Gasteiger partial charge < -0.3 is 15.0 Å². The molecule has 0 aliphatic rings. The predicted octanol–water partition coefficient (Wildman–Crippen LogP) is 2.72. The van der Waals surface area contributed by atoms with Crippen molar-refractivity contribution in [2.24, 2.45) is 0 Å². The second-order valence-electron chi connectivity index (χ2n) is 6.42. The maximum absolute atomic E-state index is 12.2. The van der Waals surface area contributed by atoms with Crippen LogP contribution in [-0.4, -0.2) is 37.6 Å². The molecule has 1 aromatic heterocycles. The van der Waals surface area contributed by atoms with E-state index in [-0.39, 0.29) is 11.9 Å². The minimum absolute atomic E-state index is 0.000155. The molecule has 3 rings (SSSR count). The molecule has 1 heterocycles. The van der Waals surface area contributed by atoms with Crippen molar-refractivity contribution in [3.63, 3.8) is 0 Å². The number of quaternary nitrogens is 1. The Kier molecular flexibility index (Phi) is 6.66. The Morgan fingerprint density at radius 3 is 2.74 bits per heavy atom. The van der Waals surface area contributed by atoms with Gasteiger partial charge in [0.05, 0.1) is 23.8 Å². The van der Waals surface area contributed by atoms with Crippen molar-refractivity contribution in [3.05, 3.63) is 58.6 Å². The lowest BCUT2D eigenvalue weighted by molar-refractivity contribution is -0.902. The van der Waals surface area contributed by atoms with Crippen molar-refractivity contribution < 1.29 is 14.4 Å². The first-order valence-electron chi connectivity index (χ1n) is 8.86. The Morgan fingerprint density at radius 1 is 1.26 bits per heavy atom. The SMILES string of the molecule is C[C@@H](c1nc2ccccc2s1)[NH+](C)CC(=O)NCCOc1ccc(Cl)cc1. The second-order valence-corrected chi connectivity index (χ2v) is 7.92. The van der Waals surface area contributed by atoms with Crippen LogP contribution in [0.25, 0.3) is 10.2 Å². The first-order valence-corrected chi connectivity index (χ1v) is 10.0. The number of fused-ring (bicyclic) bond motifs is 1. The number of likely N-dealkylation sites (N-methyl/N-ethyl adjacent to an activating group) is 1. The molecule has 3 aromatic rings. The molecule has 7 heteroatoms. The third-order valence-electron chi connectivity index (χ3n) is 4.37. The smallest absolute Gasteiger partial charge is 0.275 e. The van der Waals surface area contributed by atoms with Gasteiger partial charge >= 0.3 is 0 Å².